The number of benzene rings is 1. The SMILES string of the molecule is CCNC(=NCc1ncc(C)s1)NCC(c1ccccc1)N1CCCC1. The molecule has 3 rings (SSSR count). The number of guanidine groups is 1. The number of hydrogen-bond donors (Lipinski definition) is 2. The molecule has 1 aromatic carbocycles. The molecule has 6 heteroatoms. The van der Waals surface area contributed by atoms with Crippen LogP contribution in [0, 0.1) is 6.92 Å². The average Bonchev–Trinajstić information content (AvgIpc) is 3.33. The summed E-state index contributed by atoms with van der Waals surface area (Å²) in [5.74, 6) is 0.862. The third kappa shape index (κ3) is 5.29. The number of likely N-dealkylation sites (tertiary alicyclic amines) is 1. The Labute approximate surface area is 160 Å². The van der Waals surface area contributed by atoms with E-state index in [1.807, 2.05) is 6.20 Å². The Morgan fingerprint density at radius 2 is 2.00 bits per heavy atom. The second-order valence-electron chi connectivity index (χ2n) is 6.61. The Kier molecular flexibility index (Phi) is 7.03. The first kappa shape index (κ1) is 18.9. The molecule has 0 saturated carbocycles. The molecule has 1 atom stereocenters. The largest absolute Gasteiger partial charge is 0.357 e. The molecule has 2 heterocycles. The van der Waals surface area contributed by atoms with Gasteiger partial charge in [0.05, 0.1) is 12.6 Å². The van der Waals surface area contributed by atoms with Crippen molar-refractivity contribution in [1.29, 1.82) is 0 Å². The lowest BCUT2D eigenvalue weighted by Crippen LogP contribution is -2.42. The minimum Gasteiger partial charge on any atom is -0.357 e. The molecule has 1 fully saturated rings. The Balaban J connectivity index is 1.66. The molecule has 0 spiro atoms. The fraction of sp³-hybridized carbons (Fsp3) is 0.500. The fourth-order valence-electron chi connectivity index (χ4n) is 3.34. The predicted molar refractivity (Wildman–Crippen MR) is 110 cm³/mol. The van der Waals surface area contributed by atoms with E-state index in [1.54, 1.807) is 11.3 Å². The molecule has 140 valence electrons. The van der Waals surface area contributed by atoms with Crippen molar-refractivity contribution in [3.05, 3.63) is 52.0 Å². The zero-order valence-corrected chi connectivity index (χ0v) is 16.6. The monoisotopic (exact) mass is 371 g/mol. The van der Waals surface area contributed by atoms with Crippen molar-refractivity contribution >= 4 is 17.3 Å². The highest BCUT2D eigenvalue weighted by Crippen LogP contribution is 2.24. The fourth-order valence-corrected chi connectivity index (χ4v) is 4.05. The van der Waals surface area contributed by atoms with Crippen LogP contribution < -0.4 is 10.6 Å². The Morgan fingerprint density at radius 3 is 2.65 bits per heavy atom. The summed E-state index contributed by atoms with van der Waals surface area (Å²) in [5.41, 5.74) is 1.37. The van der Waals surface area contributed by atoms with Gasteiger partial charge in [0.2, 0.25) is 0 Å². The standard InChI is InChI=1S/C20H29N5S/c1-3-21-20(24-15-19-22-13-16(2)26-19)23-14-18(25-11-7-8-12-25)17-9-5-4-6-10-17/h4-6,9-10,13,18H,3,7-8,11-12,14-15H2,1-2H3,(H2,21,23,24). The summed E-state index contributed by atoms with van der Waals surface area (Å²) >= 11 is 1.71. The molecule has 5 nitrogen and oxygen atoms in total. The van der Waals surface area contributed by atoms with E-state index in [0.717, 1.165) is 24.1 Å². The minimum absolute atomic E-state index is 0.379. The van der Waals surface area contributed by atoms with Gasteiger partial charge in [-0.3, -0.25) is 4.90 Å². The summed E-state index contributed by atoms with van der Waals surface area (Å²) in [5, 5.41) is 7.96. The topological polar surface area (TPSA) is 52.6 Å². The molecule has 0 amide bonds. The molecule has 1 aliphatic rings. The second kappa shape index (κ2) is 9.69. The Bertz CT molecular complexity index is 691. The molecular weight excluding hydrogens is 342 g/mol. The van der Waals surface area contributed by atoms with Crippen molar-refractivity contribution in [2.45, 2.75) is 39.3 Å². The van der Waals surface area contributed by atoms with Crippen molar-refractivity contribution in [2.75, 3.05) is 26.2 Å². The van der Waals surface area contributed by atoms with Gasteiger partial charge < -0.3 is 10.6 Å². The van der Waals surface area contributed by atoms with Gasteiger partial charge in [-0.1, -0.05) is 30.3 Å². The normalized spacial score (nSPS) is 16.6. The number of hydrogen-bond acceptors (Lipinski definition) is 4. The molecule has 1 aliphatic heterocycles. The molecule has 0 radical (unpaired) electrons. The Hall–Kier alpha value is -1.92. The van der Waals surface area contributed by atoms with Crippen LogP contribution in [0.5, 0.6) is 0 Å². The molecule has 1 unspecified atom stereocenters. The summed E-state index contributed by atoms with van der Waals surface area (Å²) < 4.78 is 0. The number of aryl methyl sites for hydroxylation is 1. The van der Waals surface area contributed by atoms with Crippen molar-refractivity contribution in [3.8, 4) is 0 Å². The van der Waals surface area contributed by atoms with Crippen LogP contribution >= 0.6 is 11.3 Å². The first-order chi connectivity index (χ1) is 12.8. The van der Waals surface area contributed by atoms with Crippen LogP contribution in [0.4, 0.5) is 0 Å². The smallest absolute Gasteiger partial charge is 0.191 e. The summed E-state index contributed by atoms with van der Waals surface area (Å²) in [4.78, 5) is 12.9. The molecule has 2 N–H and O–H groups in total. The number of aliphatic imine (C=N–C) groups is 1. The molecule has 26 heavy (non-hydrogen) atoms. The maximum Gasteiger partial charge on any atom is 0.191 e. The van der Waals surface area contributed by atoms with E-state index < -0.39 is 0 Å². The van der Waals surface area contributed by atoms with Gasteiger partial charge in [0.1, 0.15) is 5.01 Å². The van der Waals surface area contributed by atoms with E-state index in [1.165, 1.54) is 36.4 Å². The van der Waals surface area contributed by atoms with E-state index in [9.17, 15) is 0 Å². The third-order valence-corrected chi connectivity index (χ3v) is 5.51. The molecular formula is C20H29N5S. The second-order valence-corrected chi connectivity index (χ2v) is 7.93. The van der Waals surface area contributed by atoms with Crippen LogP contribution in [0.2, 0.25) is 0 Å². The third-order valence-electron chi connectivity index (χ3n) is 4.61. The van der Waals surface area contributed by atoms with E-state index in [2.05, 4.69) is 64.7 Å². The van der Waals surface area contributed by atoms with Crippen LogP contribution in [-0.4, -0.2) is 42.0 Å². The van der Waals surface area contributed by atoms with Crippen molar-refractivity contribution in [2.24, 2.45) is 4.99 Å². The lowest BCUT2D eigenvalue weighted by Gasteiger charge is -2.29. The summed E-state index contributed by atoms with van der Waals surface area (Å²) in [6, 6.07) is 11.2. The van der Waals surface area contributed by atoms with Crippen LogP contribution in [0.15, 0.2) is 41.5 Å². The number of thiazole rings is 1. The van der Waals surface area contributed by atoms with Crippen molar-refractivity contribution < 1.29 is 0 Å². The van der Waals surface area contributed by atoms with Gasteiger partial charge in [-0.05, 0) is 45.3 Å². The average molecular weight is 372 g/mol. The van der Waals surface area contributed by atoms with Crippen molar-refractivity contribution in [1.82, 2.24) is 20.5 Å². The summed E-state index contributed by atoms with van der Waals surface area (Å²) in [6.45, 7) is 8.85. The van der Waals surface area contributed by atoms with Crippen molar-refractivity contribution in [3.63, 3.8) is 0 Å². The summed E-state index contributed by atoms with van der Waals surface area (Å²) in [6.07, 6.45) is 4.50. The van der Waals surface area contributed by atoms with Gasteiger partial charge in [-0.2, -0.15) is 0 Å². The van der Waals surface area contributed by atoms with Crippen LogP contribution in [0.1, 0.15) is 41.3 Å². The number of nitrogens with one attached hydrogen (secondary N) is 2. The maximum atomic E-state index is 4.71. The van der Waals surface area contributed by atoms with Crippen LogP contribution in [0.3, 0.4) is 0 Å². The quantitative estimate of drug-likeness (QED) is 0.579. The molecule has 0 bridgehead atoms. The minimum atomic E-state index is 0.379. The van der Waals surface area contributed by atoms with Gasteiger partial charge >= 0.3 is 0 Å². The number of aromatic nitrogens is 1. The summed E-state index contributed by atoms with van der Waals surface area (Å²) in [7, 11) is 0. The number of nitrogens with zero attached hydrogens (tertiary/aromatic N) is 3. The highest BCUT2D eigenvalue weighted by Gasteiger charge is 2.23. The number of rotatable bonds is 7. The molecule has 0 aliphatic carbocycles. The highest BCUT2D eigenvalue weighted by atomic mass is 32.1. The zero-order valence-electron chi connectivity index (χ0n) is 15.7. The molecule has 2 aromatic rings. The first-order valence-electron chi connectivity index (χ1n) is 9.48. The molecule has 1 saturated heterocycles. The lowest BCUT2D eigenvalue weighted by molar-refractivity contribution is 0.245. The van der Waals surface area contributed by atoms with E-state index in [4.69, 9.17) is 4.99 Å². The Morgan fingerprint density at radius 1 is 1.23 bits per heavy atom. The van der Waals surface area contributed by atoms with E-state index in [-0.39, 0.29) is 0 Å². The van der Waals surface area contributed by atoms with Crippen LogP contribution in [-0.2, 0) is 6.54 Å². The zero-order chi connectivity index (χ0) is 18.2. The van der Waals surface area contributed by atoms with Gasteiger partial charge in [0.15, 0.2) is 5.96 Å². The van der Waals surface area contributed by atoms with Gasteiger partial charge in [-0.15, -0.1) is 11.3 Å². The van der Waals surface area contributed by atoms with Crippen LogP contribution in [0.25, 0.3) is 0 Å². The van der Waals surface area contributed by atoms with Gasteiger partial charge in [0, 0.05) is 24.2 Å². The highest BCUT2D eigenvalue weighted by molar-refractivity contribution is 7.11. The van der Waals surface area contributed by atoms with Gasteiger partial charge in [-0.25, -0.2) is 9.98 Å². The van der Waals surface area contributed by atoms with E-state index >= 15 is 0 Å². The maximum absolute atomic E-state index is 4.71. The predicted octanol–water partition coefficient (Wildman–Crippen LogP) is 3.34. The lowest BCUT2D eigenvalue weighted by atomic mass is 10.1. The van der Waals surface area contributed by atoms with E-state index in [0.29, 0.717) is 12.6 Å². The molecule has 1 aromatic heterocycles. The first-order valence-corrected chi connectivity index (χ1v) is 10.3. The van der Waals surface area contributed by atoms with Gasteiger partial charge in [0.25, 0.3) is 0 Å².